The van der Waals surface area contributed by atoms with E-state index in [9.17, 15) is 8.78 Å². The van der Waals surface area contributed by atoms with Crippen molar-refractivity contribution in [3.63, 3.8) is 0 Å². The van der Waals surface area contributed by atoms with Gasteiger partial charge < -0.3 is 10.5 Å². The first kappa shape index (κ1) is 14.3. The van der Waals surface area contributed by atoms with E-state index in [0.29, 0.717) is 16.1 Å². The first-order valence-corrected chi connectivity index (χ1v) is 6.06. The van der Waals surface area contributed by atoms with Gasteiger partial charge in [0, 0.05) is 16.1 Å². The zero-order valence-electron chi connectivity index (χ0n) is 10.3. The van der Waals surface area contributed by atoms with Crippen LogP contribution in [0.2, 0.25) is 5.02 Å². The maximum Gasteiger partial charge on any atom is 0.200 e. The topological polar surface area (TPSA) is 59.1 Å². The van der Waals surface area contributed by atoms with Crippen LogP contribution in [0.5, 0.6) is 5.75 Å². The van der Waals surface area contributed by atoms with Crippen LogP contribution in [0.1, 0.15) is 11.1 Å². The van der Waals surface area contributed by atoms with Crippen molar-refractivity contribution in [3.8, 4) is 5.75 Å². The Bertz CT molecular complexity index is 662. The van der Waals surface area contributed by atoms with E-state index in [0.717, 1.165) is 6.07 Å². The van der Waals surface area contributed by atoms with Gasteiger partial charge in [0.05, 0.1) is 0 Å². The standard InChI is InChI=1S/C14H11ClF2N2O/c15-10-6-8(14(18)19)4-5-9(10)7-20-12-3-1-2-11(16)13(12)17/h1-6H,7H2,(H3,18,19). The van der Waals surface area contributed by atoms with Crippen LogP contribution < -0.4 is 10.5 Å². The first-order valence-electron chi connectivity index (χ1n) is 5.68. The maximum absolute atomic E-state index is 13.4. The number of benzene rings is 2. The summed E-state index contributed by atoms with van der Waals surface area (Å²) in [7, 11) is 0. The highest BCUT2D eigenvalue weighted by atomic mass is 35.5. The number of ether oxygens (including phenoxy) is 1. The molecule has 0 fully saturated rings. The zero-order chi connectivity index (χ0) is 14.7. The summed E-state index contributed by atoms with van der Waals surface area (Å²) in [5.41, 5.74) is 6.40. The molecule has 2 rings (SSSR count). The van der Waals surface area contributed by atoms with E-state index in [1.165, 1.54) is 18.2 Å². The number of rotatable bonds is 4. The zero-order valence-corrected chi connectivity index (χ0v) is 11.0. The fourth-order valence-electron chi connectivity index (χ4n) is 1.58. The third-order valence-corrected chi connectivity index (χ3v) is 3.02. The van der Waals surface area contributed by atoms with Gasteiger partial charge in [0.2, 0.25) is 5.82 Å². The molecule has 6 heteroatoms. The fraction of sp³-hybridized carbons (Fsp3) is 0.0714. The summed E-state index contributed by atoms with van der Waals surface area (Å²) in [4.78, 5) is 0. The van der Waals surface area contributed by atoms with Gasteiger partial charge in [-0.1, -0.05) is 29.8 Å². The minimum absolute atomic E-state index is 0.0165. The molecule has 0 bridgehead atoms. The van der Waals surface area contributed by atoms with Gasteiger partial charge in [0.15, 0.2) is 11.6 Å². The van der Waals surface area contributed by atoms with Crippen LogP contribution >= 0.6 is 11.6 Å². The monoisotopic (exact) mass is 296 g/mol. The van der Waals surface area contributed by atoms with Gasteiger partial charge in [0.1, 0.15) is 12.4 Å². The number of nitrogens with one attached hydrogen (secondary N) is 1. The summed E-state index contributed by atoms with van der Waals surface area (Å²) in [5, 5.41) is 7.63. The summed E-state index contributed by atoms with van der Waals surface area (Å²) < 4.78 is 31.6. The highest BCUT2D eigenvalue weighted by Gasteiger charge is 2.10. The molecule has 0 aliphatic carbocycles. The maximum atomic E-state index is 13.4. The van der Waals surface area contributed by atoms with E-state index < -0.39 is 11.6 Å². The second-order valence-corrected chi connectivity index (χ2v) is 4.47. The number of hydrogen-bond acceptors (Lipinski definition) is 2. The normalized spacial score (nSPS) is 10.3. The molecule has 0 atom stereocenters. The predicted molar refractivity (Wildman–Crippen MR) is 73.2 cm³/mol. The molecule has 3 nitrogen and oxygen atoms in total. The minimum atomic E-state index is -1.04. The van der Waals surface area contributed by atoms with Crippen molar-refractivity contribution >= 4 is 17.4 Å². The number of halogens is 3. The molecule has 0 saturated carbocycles. The molecule has 0 amide bonds. The first-order chi connectivity index (χ1) is 9.49. The van der Waals surface area contributed by atoms with Crippen LogP contribution in [0.4, 0.5) is 8.78 Å². The molecule has 2 aromatic carbocycles. The molecule has 0 unspecified atom stereocenters. The van der Waals surface area contributed by atoms with Crippen LogP contribution in [0.3, 0.4) is 0 Å². The van der Waals surface area contributed by atoms with Gasteiger partial charge in [0.25, 0.3) is 0 Å². The molecule has 0 aliphatic rings. The summed E-state index contributed by atoms with van der Waals surface area (Å²) in [6, 6.07) is 8.44. The smallest absolute Gasteiger partial charge is 0.200 e. The minimum Gasteiger partial charge on any atom is -0.486 e. The van der Waals surface area contributed by atoms with Gasteiger partial charge in [-0.3, -0.25) is 5.41 Å². The Morgan fingerprint density at radius 1 is 1.25 bits per heavy atom. The number of nitrogens with two attached hydrogens (primary N) is 1. The Morgan fingerprint density at radius 2 is 2.00 bits per heavy atom. The molecule has 0 aliphatic heterocycles. The number of nitrogen functional groups attached to an aromatic ring is 1. The highest BCUT2D eigenvalue weighted by Crippen LogP contribution is 2.23. The van der Waals surface area contributed by atoms with Crippen molar-refractivity contribution in [2.45, 2.75) is 6.61 Å². The number of amidine groups is 1. The van der Waals surface area contributed by atoms with Gasteiger partial charge in [-0.25, -0.2) is 4.39 Å². The third-order valence-electron chi connectivity index (χ3n) is 2.66. The Kier molecular flexibility index (Phi) is 4.20. The van der Waals surface area contributed by atoms with E-state index >= 15 is 0 Å². The van der Waals surface area contributed by atoms with Crippen molar-refractivity contribution < 1.29 is 13.5 Å². The van der Waals surface area contributed by atoms with Gasteiger partial charge >= 0.3 is 0 Å². The summed E-state index contributed by atoms with van der Waals surface area (Å²) in [6.07, 6.45) is 0. The third kappa shape index (κ3) is 3.05. The Labute approximate surface area is 119 Å². The molecule has 0 radical (unpaired) electrons. The lowest BCUT2D eigenvalue weighted by Gasteiger charge is -2.10. The van der Waals surface area contributed by atoms with Gasteiger partial charge in [-0.15, -0.1) is 0 Å². The molecular weight excluding hydrogens is 286 g/mol. The van der Waals surface area contributed by atoms with Gasteiger partial charge in [-0.2, -0.15) is 4.39 Å². The van der Waals surface area contributed by atoms with E-state index in [-0.39, 0.29) is 18.2 Å². The fourth-order valence-corrected chi connectivity index (χ4v) is 1.82. The number of hydrogen-bond donors (Lipinski definition) is 2. The van der Waals surface area contributed by atoms with E-state index in [1.807, 2.05) is 0 Å². The Morgan fingerprint density at radius 3 is 2.65 bits per heavy atom. The summed E-state index contributed by atoms with van der Waals surface area (Å²) >= 11 is 6.01. The SMILES string of the molecule is N=C(N)c1ccc(COc2cccc(F)c2F)c(Cl)c1. The Hall–Kier alpha value is -2.14. The van der Waals surface area contributed by atoms with Crippen LogP contribution in [-0.4, -0.2) is 5.84 Å². The highest BCUT2D eigenvalue weighted by molar-refractivity contribution is 6.31. The average Bonchev–Trinajstić information content (AvgIpc) is 2.41. The molecule has 0 saturated heterocycles. The lowest BCUT2D eigenvalue weighted by Crippen LogP contribution is -2.11. The van der Waals surface area contributed by atoms with Crippen molar-refractivity contribution in [2.24, 2.45) is 5.73 Å². The van der Waals surface area contributed by atoms with Gasteiger partial charge in [-0.05, 0) is 18.2 Å². The molecule has 0 spiro atoms. The quantitative estimate of drug-likeness (QED) is 0.670. The van der Waals surface area contributed by atoms with E-state index in [1.54, 1.807) is 12.1 Å². The second kappa shape index (κ2) is 5.88. The summed E-state index contributed by atoms with van der Waals surface area (Å²) in [6.45, 7) is -0.0165. The Balaban J connectivity index is 2.15. The largest absolute Gasteiger partial charge is 0.486 e. The van der Waals surface area contributed by atoms with Crippen molar-refractivity contribution in [3.05, 3.63) is 64.2 Å². The molecular formula is C14H11ClF2N2O. The molecule has 104 valence electrons. The molecule has 0 aromatic heterocycles. The summed E-state index contributed by atoms with van der Waals surface area (Å²) in [5.74, 6) is -2.29. The van der Waals surface area contributed by atoms with Crippen LogP contribution in [0.25, 0.3) is 0 Å². The molecule has 0 heterocycles. The van der Waals surface area contributed by atoms with Crippen molar-refractivity contribution in [2.75, 3.05) is 0 Å². The van der Waals surface area contributed by atoms with Crippen molar-refractivity contribution in [1.82, 2.24) is 0 Å². The van der Waals surface area contributed by atoms with E-state index in [2.05, 4.69) is 0 Å². The molecule has 3 N–H and O–H groups in total. The average molecular weight is 297 g/mol. The molecule has 2 aromatic rings. The lowest BCUT2D eigenvalue weighted by molar-refractivity contribution is 0.284. The van der Waals surface area contributed by atoms with Crippen molar-refractivity contribution in [1.29, 1.82) is 5.41 Å². The lowest BCUT2D eigenvalue weighted by atomic mass is 10.1. The molecule has 20 heavy (non-hydrogen) atoms. The second-order valence-electron chi connectivity index (χ2n) is 4.06. The van der Waals surface area contributed by atoms with Crippen LogP contribution in [0.15, 0.2) is 36.4 Å². The van der Waals surface area contributed by atoms with Crippen LogP contribution in [0, 0.1) is 17.0 Å². The van der Waals surface area contributed by atoms with Crippen LogP contribution in [-0.2, 0) is 6.61 Å². The predicted octanol–water partition coefficient (Wildman–Crippen LogP) is 3.48. The van der Waals surface area contributed by atoms with E-state index in [4.69, 9.17) is 27.5 Å².